The molecule has 9 amide bonds. The Hall–Kier alpha value is -9.76. The first-order valence-electron chi connectivity index (χ1n) is 36.7. The van der Waals surface area contributed by atoms with Crippen molar-refractivity contribution >= 4 is 121 Å². The van der Waals surface area contributed by atoms with Gasteiger partial charge in [0.15, 0.2) is 11.6 Å². The van der Waals surface area contributed by atoms with Gasteiger partial charge < -0.3 is 79.0 Å². The molecule has 1 unspecified atom stereocenters. The van der Waals surface area contributed by atoms with Crippen LogP contribution in [0.1, 0.15) is 119 Å². The predicted molar refractivity (Wildman–Crippen MR) is 411 cm³/mol. The van der Waals surface area contributed by atoms with Crippen molar-refractivity contribution in [2.75, 3.05) is 142 Å². The fourth-order valence-corrected chi connectivity index (χ4v) is 14.2. The molecule has 29 nitrogen and oxygen atoms in total. The van der Waals surface area contributed by atoms with Gasteiger partial charge in [0.2, 0.25) is 11.8 Å². The maximum Gasteiger partial charge on any atom is 0.415 e. The highest BCUT2D eigenvalue weighted by Crippen LogP contribution is 2.48. The van der Waals surface area contributed by atoms with Gasteiger partial charge in [-0.05, 0) is 88.5 Å². The number of ketones is 2. The molecule has 31 heteroatoms. The number of thiophene rings is 1. The molecule has 4 heterocycles. The van der Waals surface area contributed by atoms with Crippen LogP contribution in [0.2, 0.25) is 0 Å². The van der Waals surface area contributed by atoms with Crippen molar-refractivity contribution in [2.24, 2.45) is 17.6 Å². The van der Waals surface area contributed by atoms with Gasteiger partial charge in [-0.3, -0.25) is 48.6 Å². The zero-order valence-electron chi connectivity index (χ0n) is 62.6. The molecule has 0 fully saturated rings. The van der Waals surface area contributed by atoms with E-state index in [9.17, 15) is 52.7 Å². The summed E-state index contributed by atoms with van der Waals surface area (Å²) < 4.78 is 50.3. The Labute approximate surface area is 646 Å². The smallest absolute Gasteiger partial charge is 0.415 e. The summed E-state index contributed by atoms with van der Waals surface area (Å²) in [5.41, 5.74) is 9.24. The van der Waals surface area contributed by atoms with Crippen LogP contribution in [0.5, 0.6) is 11.5 Å². The quantitative estimate of drug-likeness (QED) is 0.00594. The first-order valence-corrected chi connectivity index (χ1v) is 38.0. The molecule has 0 radical (unpaired) electrons. The van der Waals surface area contributed by atoms with Crippen molar-refractivity contribution in [3.8, 4) is 11.5 Å². The lowest BCUT2D eigenvalue weighted by atomic mass is 9.89. The molecule has 9 rings (SSSR count). The van der Waals surface area contributed by atoms with Crippen molar-refractivity contribution < 1.29 is 95.4 Å². The van der Waals surface area contributed by atoms with E-state index in [0.717, 1.165) is 43.5 Å². The Morgan fingerprint density at radius 2 is 1.24 bits per heavy atom. The number of ether oxygens (including phenoxy) is 9. The molecule has 0 aliphatic carbocycles. The van der Waals surface area contributed by atoms with Gasteiger partial charge in [0.1, 0.15) is 18.1 Å². The topological polar surface area (TPSA) is 358 Å². The zero-order chi connectivity index (χ0) is 78.8. The summed E-state index contributed by atoms with van der Waals surface area (Å²) in [6, 6.07) is 25.7. The van der Waals surface area contributed by atoms with Gasteiger partial charge in [0.25, 0.3) is 17.7 Å². The van der Waals surface area contributed by atoms with Crippen LogP contribution in [0.25, 0.3) is 21.5 Å². The normalized spacial score (nSPS) is 15.5. The lowest BCUT2D eigenvalue weighted by Gasteiger charge is -2.24. The third kappa shape index (κ3) is 23.2. The number of nitrogens with one attached hydrogen (secondary N) is 4. The fraction of sp³-hybridized carbons (Fsp3) is 0.456. The number of alkyl halides is 1. The third-order valence-corrected chi connectivity index (χ3v) is 20.2. The molecule has 0 bridgehead atoms. The number of fused-ring (bicyclic) bond motifs is 6. The van der Waals surface area contributed by atoms with Crippen molar-refractivity contribution in [2.45, 2.75) is 90.4 Å². The Morgan fingerprint density at radius 3 is 1.81 bits per heavy atom. The van der Waals surface area contributed by atoms with Gasteiger partial charge in [-0.25, -0.2) is 14.4 Å². The Kier molecular flexibility index (Phi) is 32.1. The minimum absolute atomic E-state index is 0.0271. The molecule has 0 spiro atoms. The number of hydrogen-bond acceptors (Lipinski definition) is 22. The van der Waals surface area contributed by atoms with E-state index in [4.69, 9.17) is 60.0 Å². The maximum atomic E-state index is 14.7. The summed E-state index contributed by atoms with van der Waals surface area (Å²) in [5.74, 6) is -3.75. The van der Waals surface area contributed by atoms with Gasteiger partial charge in [0.05, 0.1) is 113 Å². The average molecular weight is 1560 g/mol. The van der Waals surface area contributed by atoms with Crippen molar-refractivity contribution in [1.29, 1.82) is 0 Å². The summed E-state index contributed by atoms with van der Waals surface area (Å²) in [4.78, 5) is 150. The molecule has 6 aromatic rings. The van der Waals surface area contributed by atoms with Crippen LogP contribution >= 0.6 is 22.9 Å². The number of carbonyl (C=O) groups is 11. The van der Waals surface area contributed by atoms with E-state index in [0.29, 0.717) is 109 Å². The number of amides is 9. The van der Waals surface area contributed by atoms with Gasteiger partial charge >= 0.3 is 24.2 Å². The second-order valence-corrected chi connectivity index (χ2v) is 28.2. The van der Waals surface area contributed by atoms with E-state index in [1.54, 1.807) is 67.3 Å². The van der Waals surface area contributed by atoms with Crippen LogP contribution in [0, 0.1) is 11.8 Å². The van der Waals surface area contributed by atoms with Crippen LogP contribution < -0.4 is 41.4 Å². The van der Waals surface area contributed by atoms with E-state index in [1.165, 1.54) is 43.0 Å². The van der Waals surface area contributed by atoms with E-state index in [1.807, 2.05) is 55.5 Å². The first-order chi connectivity index (χ1) is 53.0. The number of urea groups is 1. The number of likely N-dealkylation sites (N-methyl/N-ethyl adjacent to an activating group) is 2. The third-order valence-electron chi connectivity index (χ3n) is 18.7. The van der Waals surface area contributed by atoms with E-state index < -0.39 is 54.0 Å². The minimum atomic E-state index is -0.908. The van der Waals surface area contributed by atoms with Crippen LogP contribution in [-0.4, -0.2) is 218 Å². The highest BCUT2D eigenvalue weighted by molar-refractivity contribution is 7.16. The Balaban J connectivity index is 0.686. The number of nitrogens with zero attached hydrogens (tertiary/aromatic N) is 4. The van der Waals surface area contributed by atoms with Crippen molar-refractivity contribution in [1.82, 2.24) is 30.7 Å². The number of Topliss-reactive ketones (excluding diaryl/α,β-unsaturated/α-hetero) is 2. The number of halogens is 1. The molecular formula is C79H96ClN9O20S. The summed E-state index contributed by atoms with van der Waals surface area (Å²) in [7, 11) is 3.05. The Bertz CT molecular complexity index is 4270. The molecule has 110 heavy (non-hydrogen) atoms. The van der Waals surface area contributed by atoms with Gasteiger partial charge in [-0.1, -0.05) is 81.4 Å². The monoisotopic (exact) mass is 1560 g/mol. The highest BCUT2D eigenvalue weighted by atomic mass is 35.5. The molecule has 590 valence electrons. The SMILES string of the molecule is CC[C@@H]1NC(C(=O)c2ccc(C(=O)N3C[C@@H](CCl)c4c3cc(OC(=O)N(C)CCN(C)C(=O)OCc3ccc(NC(=O)[C@H](CCCNC(N)=O)CC(=O)[C@@H](NC(=O)CCOCCOCCOCCOCCOCCOCCN5C(=O)C=CC5=O)C(C)C)cc3)c3ccccc43)s2)c2cc(OC(C)=O)c3ccccc3c21. The summed E-state index contributed by atoms with van der Waals surface area (Å²) in [6.45, 7) is 11.0. The second-order valence-electron chi connectivity index (χ2n) is 26.9. The molecule has 0 saturated heterocycles. The van der Waals surface area contributed by atoms with Gasteiger partial charge in [0, 0.05) is 118 Å². The highest BCUT2D eigenvalue weighted by Gasteiger charge is 2.40. The average Bonchev–Trinajstić information content (AvgIpc) is 1.57. The fourth-order valence-electron chi connectivity index (χ4n) is 13.0. The standard InChI is InChI=1S/C79H96ClN9O20S/c1-7-60-71-58-17-11-9-15-56(58)63(108-50(4)90)44-59(71)73(84-60)74(95)65-22-23-66(110-65)76(97)89-47-53(46-80)70-57-16-10-8-14-55(57)64(45-61(70)89)109-79(100)87(6)29-28-86(5)78(99)107-48-51-18-20-54(21-19-51)83-75(96)52(13-12-27-82-77(81)98)43-62(91)72(49(2)3)85-67(92)26-31-101-33-35-103-37-39-105-41-42-106-40-38-104-36-34-102-32-30-88-68(93)24-25-69(88)94/h8-11,14-25,44-45,49,52-53,60,72-73,84H,7,12-13,26-43,46-48H2,1-6H3,(H,83,96)(H,85,92)(H3,81,82,98)/t52-,53-,60+,72+,73?/m1/s1. The maximum absolute atomic E-state index is 14.7. The molecule has 6 N–H and O–H groups in total. The molecule has 5 atom stereocenters. The first kappa shape index (κ1) is 84.3. The number of imide groups is 1. The summed E-state index contributed by atoms with van der Waals surface area (Å²) in [6.07, 6.45) is 2.01. The summed E-state index contributed by atoms with van der Waals surface area (Å²) >= 11 is 7.72. The molecular weight excluding hydrogens is 1460 g/mol. The van der Waals surface area contributed by atoms with Crippen molar-refractivity contribution in [3.05, 3.63) is 141 Å². The number of primary amides is 1. The summed E-state index contributed by atoms with van der Waals surface area (Å²) in [5, 5.41) is 14.7. The number of anilines is 2. The number of hydrogen-bond donors (Lipinski definition) is 5. The van der Waals surface area contributed by atoms with E-state index >= 15 is 0 Å². The number of nitrogens with two attached hydrogens (primary N) is 1. The second kappa shape index (κ2) is 41.9. The minimum Gasteiger partial charge on any atom is -0.445 e. The molecule has 5 aromatic carbocycles. The molecule has 1 aromatic heterocycles. The number of benzene rings is 5. The van der Waals surface area contributed by atoms with Crippen LogP contribution in [0.15, 0.2) is 109 Å². The van der Waals surface area contributed by atoms with Crippen LogP contribution in [0.3, 0.4) is 0 Å². The van der Waals surface area contributed by atoms with Crippen molar-refractivity contribution in [3.63, 3.8) is 0 Å². The molecule has 0 saturated carbocycles. The molecule has 3 aliphatic heterocycles. The van der Waals surface area contributed by atoms with E-state index in [-0.39, 0.29) is 144 Å². The van der Waals surface area contributed by atoms with Crippen LogP contribution in [-0.2, 0) is 68.5 Å². The lowest BCUT2D eigenvalue weighted by molar-refractivity contribution is -0.138. The van der Waals surface area contributed by atoms with Crippen LogP contribution in [0.4, 0.5) is 25.8 Å². The number of carbonyl (C=O) groups excluding carboxylic acids is 11. The Morgan fingerprint density at radius 1 is 0.682 bits per heavy atom. The largest absolute Gasteiger partial charge is 0.445 e. The number of esters is 1. The van der Waals surface area contributed by atoms with Gasteiger partial charge in [-0.2, -0.15) is 0 Å². The van der Waals surface area contributed by atoms with E-state index in [2.05, 4.69) is 21.3 Å². The van der Waals surface area contributed by atoms with Gasteiger partial charge in [-0.15, -0.1) is 22.9 Å². The zero-order valence-corrected chi connectivity index (χ0v) is 64.2. The lowest BCUT2D eigenvalue weighted by Crippen LogP contribution is -2.45. The predicted octanol–water partition coefficient (Wildman–Crippen LogP) is 9.16. The molecule has 3 aliphatic rings. The number of rotatable bonds is 44.